The van der Waals surface area contributed by atoms with Crippen LogP contribution < -0.4 is 5.32 Å². The zero-order valence-electron chi connectivity index (χ0n) is 12.8. The van der Waals surface area contributed by atoms with Crippen LogP contribution in [0.3, 0.4) is 0 Å². The predicted octanol–water partition coefficient (Wildman–Crippen LogP) is 2.91. The molecule has 0 spiro atoms. The summed E-state index contributed by atoms with van der Waals surface area (Å²) in [6, 6.07) is 11.1. The second kappa shape index (κ2) is 6.91. The number of aliphatic hydroxyl groups excluding tert-OH is 1. The number of hydrogen-bond acceptors (Lipinski definition) is 3. The molecule has 1 saturated carbocycles. The Morgan fingerprint density at radius 2 is 1.90 bits per heavy atom. The van der Waals surface area contributed by atoms with Crippen molar-refractivity contribution in [2.45, 2.75) is 38.1 Å². The van der Waals surface area contributed by atoms with Crippen LogP contribution >= 0.6 is 0 Å². The van der Waals surface area contributed by atoms with Crippen LogP contribution in [-0.4, -0.2) is 31.5 Å². The lowest BCUT2D eigenvalue weighted by atomic mass is 9.85. The van der Waals surface area contributed by atoms with Crippen molar-refractivity contribution < 1.29 is 9.84 Å². The first-order chi connectivity index (χ1) is 10.3. The largest absolute Gasteiger partial charge is 0.396 e. The molecule has 2 N–H and O–H groups in total. The third-order valence-corrected chi connectivity index (χ3v) is 5.12. The molecule has 2 fully saturated rings. The molecule has 3 heteroatoms. The van der Waals surface area contributed by atoms with Gasteiger partial charge in [-0.05, 0) is 17.9 Å². The molecule has 1 aliphatic heterocycles. The van der Waals surface area contributed by atoms with E-state index >= 15 is 0 Å². The lowest BCUT2D eigenvalue weighted by Gasteiger charge is -2.41. The zero-order valence-corrected chi connectivity index (χ0v) is 12.8. The van der Waals surface area contributed by atoms with Crippen LogP contribution in [0.4, 0.5) is 0 Å². The fourth-order valence-corrected chi connectivity index (χ4v) is 3.58. The topological polar surface area (TPSA) is 41.5 Å². The van der Waals surface area contributed by atoms with Crippen molar-refractivity contribution in [3.63, 3.8) is 0 Å². The smallest absolute Gasteiger partial charge is 0.0579 e. The van der Waals surface area contributed by atoms with Crippen LogP contribution in [0.2, 0.25) is 0 Å². The molecule has 0 amide bonds. The van der Waals surface area contributed by atoms with Crippen LogP contribution in [0.25, 0.3) is 0 Å². The molecule has 0 radical (unpaired) electrons. The van der Waals surface area contributed by atoms with Crippen molar-refractivity contribution in [1.82, 2.24) is 5.32 Å². The highest BCUT2D eigenvalue weighted by molar-refractivity contribution is 5.19. The Balaban J connectivity index is 1.63. The van der Waals surface area contributed by atoms with Gasteiger partial charge >= 0.3 is 0 Å². The normalized spacial score (nSPS) is 22.9. The molecule has 1 atom stereocenters. The van der Waals surface area contributed by atoms with Gasteiger partial charge in [-0.3, -0.25) is 0 Å². The van der Waals surface area contributed by atoms with E-state index in [4.69, 9.17) is 4.74 Å². The van der Waals surface area contributed by atoms with Gasteiger partial charge in [-0.1, -0.05) is 56.0 Å². The van der Waals surface area contributed by atoms with E-state index in [9.17, 15) is 5.11 Å². The first-order valence-corrected chi connectivity index (χ1v) is 8.28. The minimum atomic E-state index is -0.0529. The van der Waals surface area contributed by atoms with E-state index in [1.807, 2.05) is 0 Å². The van der Waals surface area contributed by atoms with Gasteiger partial charge in [0, 0.05) is 12.6 Å². The molecule has 1 aromatic carbocycles. The molecule has 0 aromatic heterocycles. The summed E-state index contributed by atoms with van der Waals surface area (Å²) in [4.78, 5) is 0. The summed E-state index contributed by atoms with van der Waals surface area (Å²) < 4.78 is 5.30. The maximum absolute atomic E-state index is 9.58. The van der Waals surface area contributed by atoms with E-state index in [-0.39, 0.29) is 12.0 Å². The Morgan fingerprint density at radius 1 is 1.19 bits per heavy atom. The van der Waals surface area contributed by atoms with Crippen molar-refractivity contribution in [2.24, 2.45) is 11.3 Å². The standard InChI is InChI=1S/C18H27NO2/c20-12-18(13-21-14-18)11-19-17(10-15-6-4-5-7-15)16-8-2-1-3-9-16/h1-3,8-9,15,17,19-20H,4-7,10-14H2. The second-order valence-electron chi connectivity index (χ2n) is 6.88. The van der Waals surface area contributed by atoms with Crippen molar-refractivity contribution >= 4 is 0 Å². The maximum atomic E-state index is 9.58. The quantitative estimate of drug-likeness (QED) is 0.811. The number of nitrogens with one attached hydrogen (secondary N) is 1. The number of hydrogen-bond donors (Lipinski definition) is 2. The van der Waals surface area contributed by atoms with Gasteiger partial charge in [-0.25, -0.2) is 0 Å². The fraction of sp³-hybridized carbons (Fsp3) is 0.667. The van der Waals surface area contributed by atoms with Gasteiger partial charge in [0.15, 0.2) is 0 Å². The van der Waals surface area contributed by atoms with E-state index in [0.717, 1.165) is 12.5 Å². The SMILES string of the molecule is OCC1(CNC(CC2CCCC2)c2ccccc2)COC1. The third kappa shape index (κ3) is 3.65. The number of ether oxygens (including phenoxy) is 1. The highest BCUT2D eigenvalue weighted by atomic mass is 16.5. The molecular weight excluding hydrogens is 262 g/mol. The van der Waals surface area contributed by atoms with Crippen molar-refractivity contribution in [3.8, 4) is 0 Å². The summed E-state index contributed by atoms with van der Waals surface area (Å²) in [7, 11) is 0. The molecule has 3 rings (SSSR count). The first kappa shape index (κ1) is 15.0. The van der Waals surface area contributed by atoms with Gasteiger partial charge in [-0.15, -0.1) is 0 Å². The van der Waals surface area contributed by atoms with Crippen molar-refractivity contribution in [1.29, 1.82) is 0 Å². The molecule has 1 saturated heterocycles. The van der Waals surface area contributed by atoms with Gasteiger partial charge in [0.1, 0.15) is 0 Å². The van der Waals surface area contributed by atoms with Crippen molar-refractivity contribution in [3.05, 3.63) is 35.9 Å². The van der Waals surface area contributed by atoms with Gasteiger partial charge in [-0.2, -0.15) is 0 Å². The summed E-state index contributed by atoms with van der Waals surface area (Å²) in [5.74, 6) is 0.852. The third-order valence-electron chi connectivity index (χ3n) is 5.12. The van der Waals surface area contributed by atoms with Gasteiger partial charge in [0.25, 0.3) is 0 Å². The van der Waals surface area contributed by atoms with Crippen molar-refractivity contribution in [2.75, 3.05) is 26.4 Å². The molecule has 116 valence electrons. The van der Waals surface area contributed by atoms with Crippen LogP contribution in [0.5, 0.6) is 0 Å². The summed E-state index contributed by atoms with van der Waals surface area (Å²) in [6.45, 7) is 2.42. The van der Waals surface area contributed by atoms with E-state index in [2.05, 4.69) is 35.6 Å². The van der Waals surface area contributed by atoms with Gasteiger partial charge < -0.3 is 15.2 Å². The first-order valence-electron chi connectivity index (χ1n) is 8.28. The molecule has 2 aliphatic rings. The second-order valence-corrected chi connectivity index (χ2v) is 6.88. The van der Waals surface area contributed by atoms with Gasteiger partial charge in [0.05, 0.1) is 25.2 Å². The Bertz CT molecular complexity index is 419. The van der Waals surface area contributed by atoms with E-state index < -0.39 is 0 Å². The lowest BCUT2D eigenvalue weighted by molar-refractivity contribution is -0.135. The summed E-state index contributed by atoms with van der Waals surface area (Å²) in [6.07, 6.45) is 6.74. The molecule has 21 heavy (non-hydrogen) atoms. The Labute approximate surface area is 127 Å². The summed E-state index contributed by atoms with van der Waals surface area (Å²) in [5, 5.41) is 13.3. The summed E-state index contributed by atoms with van der Waals surface area (Å²) in [5.41, 5.74) is 1.32. The molecule has 1 aliphatic carbocycles. The molecular formula is C18H27NO2. The lowest BCUT2D eigenvalue weighted by Crippen LogP contribution is -2.52. The molecule has 1 aromatic rings. The van der Waals surface area contributed by atoms with Crippen LogP contribution in [0.1, 0.15) is 43.7 Å². The molecule has 1 unspecified atom stereocenters. The molecule has 3 nitrogen and oxygen atoms in total. The van der Waals surface area contributed by atoms with Crippen LogP contribution in [-0.2, 0) is 4.74 Å². The number of benzene rings is 1. The Kier molecular flexibility index (Phi) is 4.94. The average Bonchev–Trinajstić information content (AvgIpc) is 2.99. The molecule has 1 heterocycles. The minimum absolute atomic E-state index is 0.0529. The monoisotopic (exact) mass is 289 g/mol. The minimum Gasteiger partial charge on any atom is -0.396 e. The number of aliphatic hydroxyl groups is 1. The highest BCUT2D eigenvalue weighted by Gasteiger charge is 2.38. The van der Waals surface area contributed by atoms with E-state index in [0.29, 0.717) is 19.3 Å². The summed E-state index contributed by atoms with van der Waals surface area (Å²) >= 11 is 0. The fourth-order valence-electron chi connectivity index (χ4n) is 3.58. The maximum Gasteiger partial charge on any atom is 0.0579 e. The zero-order chi connectivity index (χ0) is 14.5. The van der Waals surface area contributed by atoms with E-state index in [1.165, 1.54) is 37.7 Å². The van der Waals surface area contributed by atoms with Crippen LogP contribution in [0.15, 0.2) is 30.3 Å². The van der Waals surface area contributed by atoms with Crippen LogP contribution in [0, 0.1) is 11.3 Å². The molecule has 0 bridgehead atoms. The highest BCUT2D eigenvalue weighted by Crippen LogP contribution is 2.34. The Morgan fingerprint density at radius 3 is 2.48 bits per heavy atom. The predicted molar refractivity (Wildman–Crippen MR) is 84.1 cm³/mol. The average molecular weight is 289 g/mol. The van der Waals surface area contributed by atoms with E-state index in [1.54, 1.807) is 0 Å². The Hall–Kier alpha value is -0.900. The number of rotatable bonds is 7. The van der Waals surface area contributed by atoms with Gasteiger partial charge in [0.2, 0.25) is 0 Å².